The number of anilines is 1. The molecule has 168 valence electrons. The van der Waals surface area contributed by atoms with Crippen LogP contribution in [0.3, 0.4) is 0 Å². The molecule has 0 saturated carbocycles. The first-order chi connectivity index (χ1) is 15.1. The number of fused-ring (bicyclic) bond motifs is 1. The van der Waals surface area contributed by atoms with Crippen LogP contribution >= 0.6 is 0 Å². The van der Waals surface area contributed by atoms with Crippen molar-refractivity contribution in [3.63, 3.8) is 0 Å². The number of sulfonamides is 1. The highest BCUT2D eigenvalue weighted by Gasteiger charge is 2.34. The molecule has 0 amide bonds. The minimum absolute atomic E-state index is 0.00106. The standard InChI is InChI=1S/C24H22F3NO3S/c1-16(2)17-5-3-6-18(13-17)19-9-10-23-22(14-19)28(11-12-31-23)32(29,30)21-8-4-7-20(15-21)24(25,26)27/h3-10,13-16H,11-12H2,1-2H3. The molecule has 1 aliphatic heterocycles. The number of rotatable bonds is 4. The number of hydrogen-bond acceptors (Lipinski definition) is 3. The van der Waals surface area contributed by atoms with Crippen LogP contribution in [-0.4, -0.2) is 21.6 Å². The van der Waals surface area contributed by atoms with E-state index in [2.05, 4.69) is 13.8 Å². The van der Waals surface area contributed by atoms with Gasteiger partial charge in [0.2, 0.25) is 0 Å². The summed E-state index contributed by atoms with van der Waals surface area (Å²) < 4.78 is 72.8. The average molecular weight is 462 g/mol. The molecule has 0 atom stereocenters. The number of hydrogen-bond donors (Lipinski definition) is 0. The Balaban J connectivity index is 1.78. The Bertz CT molecular complexity index is 1250. The molecule has 0 unspecified atom stereocenters. The van der Waals surface area contributed by atoms with Gasteiger partial charge < -0.3 is 4.74 Å². The highest BCUT2D eigenvalue weighted by molar-refractivity contribution is 7.92. The third kappa shape index (κ3) is 4.19. The highest BCUT2D eigenvalue weighted by Crippen LogP contribution is 2.39. The molecule has 0 radical (unpaired) electrons. The number of alkyl halides is 3. The quantitative estimate of drug-likeness (QED) is 0.473. The summed E-state index contributed by atoms with van der Waals surface area (Å²) in [4.78, 5) is -0.410. The molecule has 3 aromatic carbocycles. The molecule has 1 heterocycles. The molecule has 0 bridgehead atoms. The Kier molecular flexibility index (Phi) is 5.67. The van der Waals surface area contributed by atoms with Gasteiger partial charge >= 0.3 is 6.18 Å². The van der Waals surface area contributed by atoms with Gasteiger partial charge in [0, 0.05) is 0 Å². The first kappa shape index (κ1) is 22.2. The Morgan fingerprint density at radius 3 is 2.38 bits per heavy atom. The fourth-order valence-corrected chi connectivity index (χ4v) is 5.16. The van der Waals surface area contributed by atoms with Gasteiger partial charge in [0.25, 0.3) is 10.0 Å². The number of nitrogens with zero attached hydrogens (tertiary/aromatic N) is 1. The Hall–Kier alpha value is -3.00. The van der Waals surface area contributed by atoms with Crippen molar-refractivity contribution in [2.45, 2.75) is 30.8 Å². The van der Waals surface area contributed by atoms with E-state index in [9.17, 15) is 21.6 Å². The molecule has 4 nitrogen and oxygen atoms in total. The van der Waals surface area contributed by atoms with Crippen LogP contribution in [0.4, 0.5) is 18.9 Å². The molecule has 0 spiro atoms. The highest BCUT2D eigenvalue weighted by atomic mass is 32.2. The van der Waals surface area contributed by atoms with Gasteiger partial charge in [-0.25, -0.2) is 8.42 Å². The van der Waals surface area contributed by atoms with Crippen LogP contribution in [0.15, 0.2) is 71.6 Å². The minimum atomic E-state index is -4.64. The smallest absolute Gasteiger partial charge is 0.416 e. The lowest BCUT2D eigenvalue weighted by molar-refractivity contribution is -0.137. The van der Waals surface area contributed by atoms with Crippen LogP contribution in [0.1, 0.15) is 30.9 Å². The minimum Gasteiger partial charge on any atom is -0.489 e. The summed E-state index contributed by atoms with van der Waals surface area (Å²) in [5, 5.41) is 0. The van der Waals surface area contributed by atoms with Crippen molar-refractivity contribution in [3.8, 4) is 16.9 Å². The van der Waals surface area contributed by atoms with Crippen LogP contribution in [0.2, 0.25) is 0 Å². The zero-order valence-corrected chi connectivity index (χ0v) is 18.4. The van der Waals surface area contributed by atoms with Gasteiger partial charge in [-0.1, -0.05) is 50.2 Å². The molecule has 0 fully saturated rings. The maximum absolute atomic E-state index is 13.3. The molecule has 8 heteroatoms. The second kappa shape index (κ2) is 8.16. The molecule has 0 N–H and O–H groups in total. The molecule has 0 aromatic heterocycles. The van der Waals surface area contributed by atoms with Crippen molar-refractivity contribution in [1.29, 1.82) is 0 Å². The van der Waals surface area contributed by atoms with Gasteiger partial charge in [-0.3, -0.25) is 4.31 Å². The van der Waals surface area contributed by atoms with Gasteiger partial charge in [-0.2, -0.15) is 13.2 Å². The predicted molar refractivity (Wildman–Crippen MR) is 117 cm³/mol. The second-order valence-corrected chi connectivity index (χ2v) is 9.78. The summed E-state index contributed by atoms with van der Waals surface area (Å²) in [6, 6.07) is 17.0. The third-order valence-corrected chi connectivity index (χ3v) is 7.22. The van der Waals surface area contributed by atoms with Crippen LogP contribution in [-0.2, 0) is 16.2 Å². The van der Waals surface area contributed by atoms with E-state index in [1.807, 2.05) is 30.3 Å². The van der Waals surface area contributed by atoms with Crippen molar-refractivity contribution >= 4 is 15.7 Å². The normalized spacial score (nSPS) is 14.2. The Morgan fingerprint density at radius 1 is 0.938 bits per heavy atom. The monoisotopic (exact) mass is 461 g/mol. The second-order valence-electron chi connectivity index (χ2n) is 7.91. The topological polar surface area (TPSA) is 46.6 Å². The summed E-state index contributed by atoms with van der Waals surface area (Å²) in [5.41, 5.74) is 2.15. The number of benzene rings is 3. The molecule has 32 heavy (non-hydrogen) atoms. The summed E-state index contributed by atoms with van der Waals surface area (Å²) in [7, 11) is -4.23. The van der Waals surface area contributed by atoms with E-state index in [4.69, 9.17) is 4.74 Å². The molecular weight excluding hydrogens is 439 g/mol. The summed E-state index contributed by atoms with van der Waals surface area (Å²) in [5.74, 6) is 0.698. The fourth-order valence-electron chi connectivity index (χ4n) is 3.66. The van der Waals surface area contributed by atoms with E-state index in [0.717, 1.165) is 33.1 Å². The van der Waals surface area contributed by atoms with Crippen LogP contribution in [0, 0.1) is 0 Å². The van der Waals surface area contributed by atoms with Crippen LogP contribution in [0.5, 0.6) is 5.75 Å². The molecule has 1 aliphatic rings. The lowest BCUT2D eigenvalue weighted by Gasteiger charge is -2.31. The van der Waals surface area contributed by atoms with E-state index in [1.54, 1.807) is 12.1 Å². The maximum atomic E-state index is 13.3. The van der Waals surface area contributed by atoms with Crippen molar-refractivity contribution in [2.24, 2.45) is 0 Å². The Morgan fingerprint density at radius 2 is 1.66 bits per heavy atom. The van der Waals surface area contributed by atoms with E-state index in [-0.39, 0.29) is 13.2 Å². The predicted octanol–water partition coefficient (Wildman–Crippen LogP) is 6.08. The van der Waals surface area contributed by atoms with Gasteiger partial charge in [0.05, 0.1) is 22.7 Å². The molecular formula is C24H22F3NO3S. The molecule has 3 aromatic rings. The van der Waals surface area contributed by atoms with Gasteiger partial charge in [0.15, 0.2) is 0 Å². The van der Waals surface area contributed by atoms with Gasteiger partial charge in [0.1, 0.15) is 12.4 Å². The molecule has 0 saturated heterocycles. The average Bonchev–Trinajstić information content (AvgIpc) is 2.78. The first-order valence-corrected chi connectivity index (χ1v) is 11.6. The Labute approximate surface area is 185 Å². The van der Waals surface area contributed by atoms with Crippen molar-refractivity contribution < 1.29 is 26.3 Å². The maximum Gasteiger partial charge on any atom is 0.416 e. The van der Waals surface area contributed by atoms with Crippen molar-refractivity contribution in [3.05, 3.63) is 77.9 Å². The SMILES string of the molecule is CC(C)c1cccc(-c2ccc3c(c2)N(S(=O)(=O)c2cccc(C(F)(F)F)c2)CCO3)c1. The zero-order chi connectivity index (χ0) is 23.1. The largest absolute Gasteiger partial charge is 0.489 e. The lowest BCUT2D eigenvalue weighted by atomic mass is 9.97. The number of ether oxygens (including phenoxy) is 1. The summed E-state index contributed by atoms with van der Waals surface area (Å²) in [6.07, 6.45) is -4.64. The van der Waals surface area contributed by atoms with Crippen molar-refractivity contribution in [1.82, 2.24) is 0 Å². The summed E-state index contributed by atoms with van der Waals surface area (Å²) in [6.45, 7) is 4.28. The fraction of sp³-hybridized carbons (Fsp3) is 0.250. The van der Waals surface area contributed by atoms with E-state index in [1.165, 1.54) is 6.07 Å². The number of halogens is 3. The van der Waals surface area contributed by atoms with Crippen molar-refractivity contribution in [2.75, 3.05) is 17.5 Å². The molecule has 4 rings (SSSR count). The van der Waals surface area contributed by atoms with Gasteiger partial charge in [-0.15, -0.1) is 0 Å². The van der Waals surface area contributed by atoms with E-state index >= 15 is 0 Å². The summed E-state index contributed by atoms with van der Waals surface area (Å²) >= 11 is 0. The van der Waals surface area contributed by atoms with Crippen LogP contribution < -0.4 is 9.04 Å². The first-order valence-electron chi connectivity index (χ1n) is 10.1. The zero-order valence-electron chi connectivity index (χ0n) is 17.6. The van der Waals surface area contributed by atoms with Gasteiger partial charge in [-0.05, 0) is 52.9 Å². The van der Waals surface area contributed by atoms with Crippen LogP contribution in [0.25, 0.3) is 11.1 Å². The lowest BCUT2D eigenvalue weighted by Crippen LogP contribution is -2.38. The van der Waals surface area contributed by atoms with E-state index < -0.39 is 26.7 Å². The molecule has 0 aliphatic carbocycles. The third-order valence-electron chi connectivity index (χ3n) is 5.42. The van der Waals surface area contributed by atoms with E-state index in [0.29, 0.717) is 23.4 Å².